The van der Waals surface area contributed by atoms with Gasteiger partial charge in [0.15, 0.2) is 5.82 Å². The zero-order chi connectivity index (χ0) is 41.2. The van der Waals surface area contributed by atoms with E-state index in [1.165, 1.54) is 18.0 Å². The molecule has 0 radical (unpaired) electrons. The van der Waals surface area contributed by atoms with Crippen LogP contribution in [0.5, 0.6) is 0 Å². The summed E-state index contributed by atoms with van der Waals surface area (Å²) >= 11 is 0. The number of aromatic amines is 1. The Balaban J connectivity index is 0.846. The molecule has 6 aromatic rings. The van der Waals surface area contributed by atoms with Gasteiger partial charge in [-0.15, -0.1) is 0 Å². The zero-order valence-corrected chi connectivity index (χ0v) is 33.9. The Morgan fingerprint density at radius 3 is 2.44 bits per heavy atom. The molecular weight excluding hydrogens is 750 g/mol. The van der Waals surface area contributed by atoms with Crippen LogP contribution in [-0.2, 0) is 15.0 Å². The van der Waals surface area contributed by atoms with E-state index in [0.29, 0.717) is 53.1 Å². The summed E-state index contributed by atoms with van der Waals surface area (Å²) < 4.78 is 21.3. The Morgan fingerprint density at radius 2 is 1.73 bits per heavy atom. The lowest BCUT2D eigenvalue weighted by Gasteiger charge is -2.47. The number of H-pyrrole nitrogens is 1. The minimum absolute atomic E-state index is 0.137. The molecular formula is C45H48FN9O4. The van der Waals surface area contributed by atoms with Crippen LogP contribution in [0.15, 0.2) is 65.4 Å². The monoisotopic (exact) mass is 797 g/mol. The number of halogens is 1. The molecule has 2 atom stereocenters. The third-order valence-electron chi connectivity index (χ3n) is 12.4. The Bertz CT molecular complexity index is 2600. The highest BCUT2D eigenvalue weighted by atomic mass is 19.1. The van der Waals surface area contributed by atoms with E-state index in [1.54, 1.807) is 13.0 Å². The first-order valence-electron chi connectivity index (χ1n) is 20.4. The summed E-state index contributed by atoms with van der Waals surface area (Å²) in [6, 6.07) is 18.0. The summed E-state index contributed by atoms with van der Waals surface area (Å²) in [5.41, 5.74) is 6.86. The summed E-state index contributed by atoms with van der Waals surface area (Å²) in [4.78, 5) is 58.7. The molecule has 3 fully saturated rings. The maximum absolute atomic E-state index is 16.1. The van der Waals surface area contributed by atoms with Gasteiger partial charge < -0.3 is 19.7 Å². The highest BCUT2D eigenvalue weighted by Gasteiger charge is 2.36. The lowest BCUT2D eigenvalue weighted by atomic mass is 9.74. The summed E-state index contributed by atoms with van der Waals surface area (Å²) in [7, 11) is 0. The van der Waals surface area contributed by atoms with Gasteiger partial charge in [-0.05, 0) is 85.5 Å². The Labute approximate surface area is 341 Å². The van der Waals surface area contributed by atoms with E-state index >= 15 is 4.39 Å². The zero-order valence-electron chi connectivity index (χ0n) is 33.9. The summed E-state index contributed by atoms with van der Waals surface area (Å²) in [6.07, 6.45) is 4.66. The van der Waals surface area contributed by atoms with E-state index in [-0.39, 0.29) is 29.0 Å². The maximum Gasteiger partial charge on any atom is 0.315 e. The van der Waals surface area contributed by atoms with Crippen LogP contribution in [0.2, 0.25) is 0 Å². The molecule has 3 amide bonds. The molecule has 1 saturated carbocycles. The average molecular weight is 798 g/mol. The van der Waals surface area contributed by atoms with Gasteiger partial charge in [-0.25, -0.2) is 14.4 Å². The number of nitrogens with zero attached hydrogens (tertiary/aromatic N) is 6. The fourth-order valence-electron chi connectivity index (χ4n) is 8.93. The molecule has 3 aromatic carbocycles. The van der Waals surface area contributed by atoms with E-state index in [9.17, 15) is 14.4 Å². The molecule has 14 heteroatoms. The predicted octanol–water partition coefficient (Wildman–Crippen LogP) is 6.99. The Kier molecular flexibility index (Phi) is 9.77. The van der Waals surface area contributed by atoms with Gasteiger partial charge in [-0.2, -0.15) is 4.98 Å². The van der Waals surface area contributed by atoms with Crippen molar-refractivity contribution in [3.8, 4) is 11.3 Å². The molecule has 0 spiro atoms. The first-order chi connectivity index (χ1) is 28.3. The third kappa shape index (κ3) is 7.34. The first-order valence-corrected chi connectivity index (χ1v) is 20.4. The van der Waals surface area contributed by atoms with Crippen molar-refractivity contribution in [2.24, 2.45) is 0 Å². The Hall–Kier alpha value is -6.02. The van der Waals surface area contributed by atoms with Crippen LogP contribution in [0.25, 0.3) is 33.2 Å². The number of carbonyl (C=O) groups is 3. The SMILES string of the molecule is Cc1cc(-c2ncnc3[nH]c4cc(N5CCN(C6CC(c7ccc([C@@H]8CCC(=O)NC8=O)cc7)C6)CC5)ccc4c23)c(F)cc1[C@@H](C)NC(=O)c1nc(C(C)(C)C)no1. The van der Waals surface area contributed by atoms with Gasteiger partial charge in [0.1, 0.15) is 17.8 Å². The number of hydrogen-bond donors (Lipinski definition) is 3. The molecule has 13 nitrogen and oxygen atoms in total. The normalized spacial score (nSPS) is 20.8. The second-order valence-corrected chi connectivity index (χ2v) is 17.4. The summed E-state index contributed by atoms with van der Waals surface area (Å²) in [5.74, 6) is -0.800. The molecule has 9 rings (SSSR count). The number of nitrogens with one attached hydrogen (secondary N) is 3. The fraction of sp³-hybridized carbons (Fsp3) is 0.400. The molecule has 0 bridgehead atoms. The molecule has 0 unspecified atom stereocenters. The molecule has 59 heavy (non-hydrogen) atoms. The number of piperidine rings is 1. The molecule has 3 aromatic heterocycles. The van der Waals surface area contributed by atoms with Gasteiger partial charge in [0, 0.05) is 66.2 Å². The fourth-order valence-corrected chi connectivity index (χ4v) is 8.93. The van der Waals surface area contributed by atoms with Crippen molar-refractivity contribution in [3.63, 3.8) is 0 Å². The number of anilines is 1. The quantitative estimate of drug-likeness (QED) is 0.137. The number of aromatic nitrogens is 5. The van der Waals surface area contributed by atoms with Crippen LogP contribution in [-0.4, -0.2) is 79.9 Å². The van der Waals surface area contributed by atoms with E-state index in [2.05, 4.69) is 88.0 Å². The van der Waals surface area contributed by atoms with E-state index in [4.69, 9.17) is 4.52 Å². The van der Waals surface area contributed by atoms with Crippen molar-refractivity contribution >= 4 is 45.3 Å². The van der Waals surface area contributed by atoms with Gasteiger partial charge in [0.25, 0.3) is 0 Å². The van der Waals surface area contributed by atoms with Crippen LogP contribution < -0.4 is 15.5 Å². The highest BCUT2D eigenvalue weighted by molar-refractivity contribution is 6.12. The first kappa shape index (κ1) is 38.5. The van der Waals surface area contributed by atoms with Crippen molar-refractivity contribution in [2.75, 3.05) is 31.1 Å². The molecule has 1 aliphatic carbocycles. The Morgan fingerprint density at radius 1 is 0.983 bits per heavy atom. The van der Waals surface area contributed by atoms with Crippen molar-refractivity contribution < 1.29 is 23.3 Å². The number of benzene rings is 3. The largest absolute Gasteiger partial charge is 0.369 e. The number of fused-ring (bicyclic) bond motifs is 3. The average Bonchev–Trinajstić information content (AvgIpc) is 3.85. The number of amides is 3. The smallest absolute Gasteiger partial charge is 0.315 e. The highest BCUT2D eigenvalue weighted by Crippen LogP contribution is 2.41. The van der Waals surface area contributed by atoms with E-state index < -0.39 is 17.8 Å². The molecule has 5 heterocycles. The minimum atomic E-state index is -0.529. The topological polar surface area (TPSA) is 162 Å². The van der Waals surface area contributed by atoms with Crippen molar-refractivity contribution in [2.45, 2.75) is 89.6 Å². The maximum atomic E-state index is 16.1. The second kappa shape index (κ2) is 15.0. The van der Waals surface area contributed by atoms with Crippen molar-refractivity contribution in [1.29, 1.82) is 0 Å². The predicted molar refractivity (Wildman–Crippen MR) is 222 cm³/mol. The molecule has 3 aliphatic rings. The summed E-state index contributed by atoms with van der Waals surface area (Å²) in [6.45, 7) is 13.3. The molecule has 2 saturated heterocycles. The lowest BCUT2D eigenvalue weighted by molar-refractivity contribution is -0.134. The van der Waals surface area contributed by atoms with Gasteiger partial charge in [-0.1, -0.05) is 56.3 Å². The van der Waals surface area contributed by atoms with Gasteiger partial charge in [-0.3, -0.25) is 24.6 Å². The van der Waals surface area contributed by atoms with Crippen LogP contribution in [0.1, 0.15) is 110 Å². The minimum Gasteiger partial charge on any atom is -0.369 e. The van der Waals surface area contributed by atoms with Gasteiger partial charge in [0.05, 0.1) is 23.0 Å². The van der Waals surface area contributed by atoms with Crippen LogP contribution in [0.4, 0.5) is 10.1 Å². The number of aryl methyl sites for hydroxylation is 1. The summed E-state index contributed by atoms with van der Waals surface area (Å²) in [5, 5.41) is 10.9. The van der Waals surface area contributed by atoms with Crippen LogP contribution in [0, 0.1) is 12.7 Å². The van der Waals surface area contributed by atoms with Crippen molar-refractivity contribution in [3.05, 3.63) is 101 Å². The number of carbonyl (C=O) groups excluding carboxylic acids is 3. The van der Waals surface area contributed by atoms with Crippen LogP contribution in [0.3, 0.4) is 0 Å². The molecule has 3 N–H and O–H groups in total. The number of rotatable bonds is 8. The van der Waals surface area contributed by atoms with Gasteiger partial charge >= 0.3 is 11.8 Å². The number of hydrogen-bond acceptors (Lipinski definition) is 10. The molecule has 304 valence electrons. The second-order valence-electron chi connectivity index (χ2n) is 17.4. The number of piperazine rings is 1. The molecule has 2 aliphatic heterocycles. The van der Waals surface area contributed by atoms with E-state index in [0.717, 1.165) is 72.1 Å². The third-order valence-corrected chi connectivity index (χ3v) is 12.4. The number of imide groups is 1. The van der Waals surface area contributed by atoms with Crippen molar-refractivity contribution in [1.82, 2.24) is 40.6 Å². The van der Waals surface area contributed by atoms with Gasteiger partial charge in [0.2, 0.25) is 11.8 Å². The lowest BCUT2D eigenvalue weighted by Crippen LogP contribution is -2.53. The standard InChI is InChI=1S/C45H48FN9O4/c1-24-18-34(35(46)22-33(24)25(2)49-42(58)43-52-44(53-59-43)45(3,4)5)39-38-32-11-10-29(21-36(32)50-40(38)48-23-47-39)54-14-16-55(17-15-54)30-19-28(20-30)26-6-8-27(9-7-26)31-12-13-37(56)51-41(31)57/h6-11,18,21-23,25,28,30-31H,12-17,19-20H2,1-5H3,(H,49,58)(H,47,48,50)(H,51,56,57)/t25-,28?,30?,31+/m1/s1. The van der Waals surface area contributed by atoms with E-state index in [1.807, 2.05) is 27.7 Å². The van der Waals surface area contributed by atoms with Crippen LogP contribution >= 0.6 is 0 Å².